The number of rotatable bonds is 36. The second-order valence-corrected chi connectivity index (χ2v) is 14.8. The first kappa shape index (κ1) is 54.5. The lowest BCUT2D eigenvalue weighted by molar-refractivity contribution is -0.887. The lowest BCUT2D eigenvalue weighted by Crippen LogP contribution is -2.50. The summed E-state index contributed by atoms with van der Waals surface area (Å²) in [6.07, 6.45) is 58.1. The van der Waals surface area contributed by atoms with Crippen LogP contribution in [0.25, 0.3) is 0 Å². The summed E-state index contributed by atoms with van der Waals surface area (Å²) in [7, 11) is 5.46. The zero-order valence-electron chi connectivity index (χ0n) is 37.1. The van der Waals surface area contributed by atoms with E-state index in [-0.39, 0.29) is 49.5 Å². The first-order valence-corrected chi connectivity index (χ1v) is 21.7. The highest BCUT2D eigenvalue weighted by atomic mass is 16.6. The van der Waals surface area contributed by atoms with Gasteiger partial charge in [-0.2, -0.15) is 0 Å². The van der Waals surface area contributed by atoms with E-state index in [1.54, 1.807) is 0 Å². The van der Waals surface area contributed by atoms with E-state index >= 15 is 0 Å². The third-order valence-corrected chi connectivity index (χ3v) is 8.57. The summed E-state index contributed by atoms with van der Waals surface area (Å²) < 4.78 is 17.1. The number of carboxylic acids is 1. The highest BCUT2D eigenvalue weighted by Gasteiger charge is 2.31. The Bertz CT molecular complexity index is 1420. The van der Waals surface area contributed by atoms with Crippen molar-refractivity contribution in [1.29, 1.82) is 0 Å². The van der Waals surface area contributed by atoms with E-state index in [2.05, 4.69) is 123 Å². The summed E-state index contributed by atoms with van der Waals surface area (Å²) in [6.45, 7) is 4.31. The van der Waals surface area contributed by atoms with Gasteiger partial charge in [-0.25, -0.2) is 4.79 Å². The molecule has 0 aromatic rings. The number of likely N-dealkylation sites (N-methyl/N-ethyl adjacent to an activating group) is 1. The van der Waals surface area contributed by atoms with Crippen LogP contribution < -0.4 is 0 Å². The Labute approximate surface area is 358 Å². The predicted octanol–water partition coefficient (Wildman–Crippen LogP) is 12.0. The van der Waals surface area contributed by atoms with Gasteiger partial charge >= 0.3 is 17.9 Å². The van der Waals surface area contributed by atoms with Crippen molar-refractivity contribution in [2.24, 2.45) is 0 Å². The maximum absolute atomic E-state index is 12.7. The topological polar surface area (TPSA) is 99.1 Å². The molecule has 0 heterocycles. The molecule has 0 aromatic carbocycles. The van der Waals surface area contributed by atoms with Gasteiger partial charge in [0, 0.05) is 19.3 Å². The first-order chi connectivity index (χ1) is 28.6. The van der Waals surface area contributed by atoms with E-state index in [4.69, 9.17) is 14.2 Å². The minimum atomic E-state index is -0.903. The predicted molar refractivity (Wildman–Crippen MR) is 247 cm³/mol. The van der Waals surface area contributed by atoms with Crippen LogP contribution >= 0.6 is 0 Å². The molecule has 2 unspecified atom stereocenters. The summed E-state index contributed by atoms with van der Waals surface area (Å²) in [6, 6.07) is -0.647. The highest BCUT2D eigenvalue weighted by Crippen LogP contribution is 2.10. The quantitative estimate of drug-likeness (QED) is 0.0291. The van der Waals surface area contributed by atoms with Crippen LogP contribution in [0.2, 0.25) is 0 Å². The summed E-state index contributed by atoms with van der Waals surface area (Å²) in [5.74, 6) is -1.71. The molecule has 0 amide bonds. The van der Waals surface area contributed by atoms with Gasteiger partial charge in [0.2, 0.25) is 0 Å². The number of quaternary nitrogens is 1. The number of carbonyl (C=O) groups excluding carboxylic acids is 2. The molecule has 0 aliphatic heterocycles. The Morgan fingerprint density at radius 3 is 1.17 bits per heavy atom. The third kappa shape index (κ3) is 38.7. The standard InChI is InChI=1S/C51H77NO7/c1-6-8-10-12-14-16-18-20-22-24-25-26-28-29-31-33-35-37-39-41-49(53)58-46-47(45-57-44-43-48(51(55)56)52(3,4)5)59-50(54)42-40-38-36-34-32-30-27-23-21-19-17-15-13-11-9-7-2/h8-11,14-17,20-23,25-26,29-32,35-38,47-48H,6-7,12-13,18-19,24,27-28,33-34,39-46H2,1-5H3/p+1/b10-8+,11-9+,16-14+,17-15+,22-20+,23-21+,26-25+,31-29+,32-30+,37-35+,38-36+. The van der Waals surface area contributed by atoms with Crippen molar-refractivity contribution >= 4 is 17.9 Å². The van der Waals surface area contributed by atoms with Crippen molar-refractivity contribution in [3.63, 3.8) is 0 Å². The average molecular weight is 817 g/mol. The van der Waals surface area contributed by atoms with Crippen LogP contribution in [-0.4, -0.2) is 80.6 Å². The van der Waals surface area contributed by atoms with Crippen LogP contribution in [0, 0.1) is 0 Å². The molecule has 328 valence electrons. The smallest absolute Gasteiger partial charge is 0.362 e. The molecule has 0 aromatic heterocycles. The maximum atomic E-state index is 12.7. The van der Waals surface area contributed by atoms with Crippen molar-refractivity contribution < 1.29 is 38.2 Å². The molecule has 0 fully saturated rings. The molecule has 2 atom stereocenters. The molecule has 8 heteroatoms. The minimum absolute atomic E-state index is 0.00266. The van der Waals surface area contributed by atoms with Gasteiger partial charge in [0.15, 0.2) is 12.1 Å². The largest absolute Gasteiger partial charge is 0.477 e. The Hall–Kier alpha value is -4.53. The molecule has 8 nitrogen and oxygen atoms in total. The molecule has 0 saturated carbocycles. The highest BCUT2D eigenvalue weighted by molar-refractivity contribution is 5.72. The molecule has 0 aliphatic rings. The molecule has 59 heavy (non-hydrogen) atoms. The van der Waals surface area contributed by atoms with Crippen molar-refractivity contribution in [3.8, 4) is 0 Å². The molecular weight excluding hydrogens is 739 g/mol. The average Bonchev–Trinajstić information content (AvgIpc) is 3.19. The zero-order valence-corrected chi connectivity index (χ0v) is 37.1. The number of hydrogen-bond donors (Lipinski definition) is 1. The maximum Gasteiger partial charge on any atom is 0.362 e. The molecule has 0 saturated heterocycles. The summed E-state index contributed by atoms with van der Waals surface area (Å²) in [5, 5.41) is 9.61. The van der Waals surface area contributed by atoms with Crippen LogP contribution in [-0.2, 0) is 28.6 Å². The second kappa shape index (κ2) is 40.3. The monoisotopic (exact) mass is 817 g/mol. The van der Waals surface area contributed by atoms with Gasteiger partial charge in [-0.05, 0) is 83.5 Å². The van der Waals surface area contributed by atoms with Crippen LogP contribution in [0.1, 0.15) is 117 Å². The van der Waals surface area contributed by atoms with Gasteiger partial charge in [0.25, 0.3) is 0 Å². The van der Waals surface area contributed by atoms with E-state index in [0.717, 1.165) is 70.6 Å². The fourth-order valence-corrected chi connectivity index (χ4v) is 5.28. The minimum Gasteiger partial charge on any atom is -0.477 e. The number of carbonyl (C=O) groups is 3. The normalized spacial score (nSPS) is 14.3. The summed E-state index contributed by atoms with van der Waals surface area (Å²) >= 11 is 0. The third-order valence-electron chi connectivity index (χ3n) is 8.57. The molecule has 1 N–H and O–H groups in total. The van der Waals surface area contributed by atoms with Gasteiger partial charge < -0.3 is 23.8 Å². The Morgan fingerprint density at radius 1 is 0.492 bits per heavy atom. The number of ether oxygens (including phenoxy) is 3. The van der Waals surface area contributed by atoms with Gasteiger partial charge in [0.05, 0.1) is 34.4 Å². The lowest BCUT2D eigenvalue weighted by atomic mass is 10.1. The molecule has 0 radical (unpaired) electrons. The number of carboxylic acid groups (broad SMARTS) is 1. The van der Waals surface area contributed by atoms with Crippen molar-refractivity contribution in [2.75, 3.05) is 41.0 Å². The molecule has 0 aliphatic carbocycles. The van der Waals surface area contributed by atoms with Gasteiger partial charge in [-0.3, -0.25) is 9.59 Å². The second-order valence-electron chi connectivity index (χ2n) is 14.8. The van der Waals surface area contributed by atoms with E-state index in [1.807, 2.05) is 45.4 Å². The number of allylic oxidation sites excluding steroid dienone is 22. The number of hydrogen-bond acceptors (Lipinski definition) is 6. The van der Waals surface area contributed by atoms with Gasteiger partial charge in [0.1, 0.15) is 6.61 Å². The number of nitrogens with zero attached hydrogens (tertiary/aromatic N) is 1. The van der Waals surface area contributed by atoms with Crippen molar-refractivity contribution in [2.45, 2.75) is 129 Å². The van der Waals surface area contributed by atoms with E-state index in [1.165, 1.54) is 0 Å². The van der Waals surface area contributed by atoms with Gasteiger partial charge in [-0.15, -0.1) is 0 Å². The van der Waals surface area contributed by atoms with Crippen LogP contribution in [0.15, 0.2) is 134 Å². The Balaban J connectivity index is 4.62. The molecule has 0 rings (SSSR count). The number of aliphatic carboxylic acids is 1. The Morgan fingerprint density at radius 2 is 0.831 bits per heavy atom. The van der Waals surface area contributed by atoms with E-state index in [0.29, 0.717) is 12.8 Å². The fraction of sp³-hybridized carbons (Fsp3) is 0.510. The molecule has 0 bridgehead atoms. The van der Waals surface area contributed by atoms with E-state index in [9.17, 15) is 19.5 Å². The molecular formula is C51H78NO7+. The lowest BCUT2D eigenvalue weighted by Gasteiger charge is -2.31. The summed E-state index contributed by atoms with van der Waals surface area (Å²) in [5.41, 5.74) is 0. The fourth-order valence-electron chi connectivity index (χ4n) is 5.28. The summed E-state index contributed by atoms with van der Waals surface area (Å²) in [4.78, 5) is 36.9. The van der Waals surface area contributed by atoms with Crippen LogP contribution in [0.3, 0.4) is 0 Å². The SMILES string of the molecule is CC/C=C/C/C=C/C/C=C/C/C=C/C/C=C/C/C=C/CCC(=O)OCC(COCCC(C(=O)O)[N+](C)(C)C)OC(=O)CC/C=C/C/C=C/C/C=C/C/C=C/C/C=C/CC. The van der Waals surface area contributed by atoms with Crippen molar-refractivity contribution in [3.05, 3.63) is 134 Å². The zero-order chi connectivity index (χ0) is 43.5. The van der Waals surface area contributed by atoms with E-state index < -0.39 is 24.1 Å². The molecule has 0 spiro atoms. The van der Waals surface area contributed by atoms with Gasteiger partial charge in [-0.1, -0.05) is 148 Å². The van der Waals surface area contributed by atoms with Crippen LogP contribution in [0.4, 0.5) is 0 Å². The Kier molecular flexibility index (Phi) is 37.2. The first-order valence-electron chi connectivity index (χ1n) is 21.7. The number of esters is 2. The van der Waals surface area contributed by atoms with Crippen molar-refractivity contribution in [1.82, 2.24) is 0 Å². The van der Waals surface area contributed by atoms with Crippen LogP contribution in [0.5, 0.6) is 0 Å².